The molecular formula is C12H16FNO. The van der Waals surface area contributed by atoms with Gasteiger partial charge in [0.25, 0.3) is 0 Å². The van der Waals surface area contributed by atoms with Gasteiger partial charge in [-0.2, -0.15) is 0 Å². The van der Waals surface area contributed by atoms with Gasteiger partial charge in [0.15, 0.2) is 5.67 Å². The molecule has 0 aromatic heterocycles. The number of ether oxygens (including phenoxy) is 1. The van der Waals surface area contributed by atoms with Gasteiger partial charge >= 0.3 is 0 Å². The van der Waals surface area contributed by atoms with E-state index in [-0.39, 0.29) is 6.61 Å². The van der Waals surface area contributed by atoms with Crippen LogP contribution in [-0.4, -0.2) is 20.3 Å². The van der Waals surface area contributed by atoms with Gasteiger partial charge in [0.2, 0.25) is 0 Å². The van der Waals surface area contributed by atoms with Crippen LogP contribution in [0.2, 0.25) is 0 Å². The normalized spacial score (nSPS) is 25.7. The van der Waals surface area contributed by atoms with Crippen molar-refractivity contribution in [2.24, 2.45) is 0 Å². The smallest absolute Gasteiger partial charge is 0.161 e. The summed E-state index contributed by atoms with van der Waals surface area (Å²) in [7, 11) is 1.89. The Labute approximate surface area is 89.4 Å². The molecule has 0 radical (unpaired) electrons. The summed E-state index contributed by atoms with van der Waals surface area (Å²) in [6, 6.07) is 7.67. The van der Waals surface area contributed by atoms with Crippen molar-refractivity contribution in [1.29, 1.82) is 0 Å². The summed E-state index contributed by atoms with van der Waals surface area (Å²) in [6.45, 7) is 1.48. The molecule has 0 aliphatic carbocycles. The van der Waals surface area contributed by atoms with E-state index in [1.54, 1.807) is 0 Å². The van der Waals surface area contributed by atoms with E-state index in [9.17, 15) is 4.39 Å². The van der Waals surface area contributed by atoms with Crippen LogP contribution < -0.4 is 5.32 Å². The maximum Gasteiger partial charge on any atom is 0.161 e. The molecule has 15 heavy (non-hydrogen) atoms. The lowest BCUT2D eigenvalue weighted by molar-refractivity contribution is 0.112. The van der Waals surface area contributed by atoms with E-state index in [4.69, 9.17) is 4.74 Å². The van der Waals surface area contributed by atoms with Crippen molar-refractivity contribution in [3.63, 3.8) is 0 Å². The van der Waals surface area contributed by atoms with E-state index in [1.807, 2.05) is 31.3 Å². The van der Waals surface area contributed by atoms with Crippen LogP contribution in [0.3, 0.4) is 0 Å². The number of hydrogen-bond acceptors (Lipinski definition) is 2. The second-order valence-electron chi connectivity index (χ2n) is 4.00. The Balaban J connectivity index is 2.23. The molecule has 2 nitrogen and oxygen atoms in total. The Morgan fingerprint density at radius 2 is 2.40 bits per heavy atom. The average Bonchev–Trinajstić information content (AvgIpc) is 2.68. The Hall–Kier alpha value is -0.930. The summed E-state index contributed by atoms with van der Waals surface area (Å²) < 4.78 is 19.4. The molecular weight excluding hydrogens is 193 g/mol. The van der Waals surface area contributed by atoms with E-state index in [1.165, 1.54) is 0 Å². The minimum absolute atomic E-state index is 0.190. The molecule has 0 bridgehead atoms. The quantitative estimate of drug-likeness (QED) is 0.822. The van der Waals surface area contributed by atoms with Crippen LogP contribution in [0.25, 0.3) is 0 Å². The Morgan fingerprint density at radius 1 is 1.53 bits per heavy atom. The first-order valence-corrected chi connectivity index (χ1v) is 5.25. The zero-order chi connectivity index (χ0) is 10.7. The third-order valence-electron chi connectivity index (χ3n) is 2.80. The van der Waals surface area contributed by atoms with E-state index < -0.39 is 5.67 Å². The standard InChI is InChI=1S/C12H16FNO/c1-14-8-10-3-2-4-11(7-10)12(13)5-6-15-9-12/h2-4,7,14H,5-6,8-9H2,1H3. The fourth-order valence-corrected chi connectivity index (χ4v) is 1.93. The first-order chi connectivity index (χ1) is 7.24. The van der Waals surface area contributed by atoms with Crippen LogP contribution in [0.4, 0.5) is 4.39 Å². The lowest BCUT2D eigenvalue weighted by Gasteiger charge is -2.18. The predicted octanol–water partition coefficient (Wildman–Crippen LogP) is 1.99. The molecule has 1 aliphatic rings. The van der Waals surface area contributed by atoms with E-state index >= 15 is 0 Å². The summed E-state index contributed by atoms with van der Waals surface area (Å²) in [5.74, 6) is 0. The van der Waals surface area contributed by atoms with Gasteiger partial charge in [-0.1, -0.05) is 24.3 Å². The zero-order valence-electron chi connectivity index (χ0n) is 8.92. The number of hydrogen-bond donors (Lipinski definition) is 1. The summed E-state index contributed by atoms with van der Waals surface area (Å²) in [5.41, 5.74) is 0.579. The van der Waals surface area contributed by atoms with Crippen LogP contribution in [0, 0.1) is 0 Å². The first kappa shape index (κ1) is 10.6. The molecule has 3 heteroatoms. The molecule has 1 fully saturated rings. The van der Waals surface area contributed by atoms with Crippen molar-refractivity contribution in [1.82, 2.24) is 5.32 Å². The van der Waals surface area contributed by atoms with Gasteiger partial charge in [0.05, 0.1) is 13.2 Å². The predicted molar refractivity (Wildman–Crippen MR) is 57.4 cm³/mol. The van der Waals surface area contributed by atoms with E-state index in [2.05, 4.69) is 5.32 Å². The molecule has 0 saturated carbocycles. The van der Waals surface area contributed by atoms with Crippen LogP contribution >= 0.6 is 0 Å². The maximum atomic E-state index is 14.3. The summed E-state index contributed by atoms with van der Waals surface area (Å²) in [4.78, 5) is 0. The van der Waals surface area contributed by atoms with E-state index in [0.717, 1.165) is 17.7 Å². The van der Waals surface area contributed by atoms with Gasteiger partial charge < -0.3 is 10.1 Å². The highest BCUT2D eigenvalue weighted by atomic mass is 19.1. The second-order valence-corrected chi connectivity index (χ2v) is 4.00. The van der Waals surface area contributed by atoms with E-state index in [0.29, 0.717) is 13.0 Å². The summed E-state index contributed by atoms with van der Waals surface area (Å²) in [5, 5.41) is 3.06. The molecule has 1 atom stereocenters. The molecule has 1 unspecified atom stereocenters. The average molecular weight is 209 g/mol. The maximum absolute atomic E-state index is 14.3. The van der Waals surface area contributed by atoms with Crippen molar-refractivity contribution in [2.45, 2.75) is 18.6 Å². The highest BCUT2D eigenvalue weighted by Gasteiger charge is 2.36. The third kappa shape index (κ3) is 2.19. The fraction of sp³-hybridized carbons (Fsp3) is 0.500. The SMILES string of the molecule is CNCc1cccc(C2(F)CCOC2)c1. The molecule has 1 heterocycles. The van der Waals surface area contributed by atoms with Crippen LogP contribution in [0.15, 0.2) is 24.3 Å². The molecule has 2 rings (SSSR count). The molecule has 0 spiro atoms. The third-order valence-corrected chi connectivity index (χ3v) is 2.80. The molecule has 0 amide bonds. The number of benzene rings is 1. The Bertz CT molecular complexity index is 334. The van der Waals surface area contributed by atoms with Gasteiger partial charge in [-0.05, 0) is 18.2 Å². The molecule has 82 valence electrons. The fourth-order valence-electron chi connectivity index (χ4n) is 1.93. The van der Waals surface area contributed by atoms with Gasteiger partial charge in [0.1, 0.15) is 0 Å². The monoisotopic (exact) mass is 209 g/mol. The van der Waals surface area contributed by atoms with Crippen molar-refractivity contribution < 1.29 is 9.13 Å². The Kier molecular flexibility index (Phi) is 3.03. The summed E-state index contributed by atoms with van der Waals surface area (Å²) in [6.07, 6.45) is 0.468. The Morgan fingerprint density at radius 3 is 3.07 bits per heavy atom. The topological polar surface area (TPSA) is 21.3 Å². The molecule has 1 N–H and O–H groups in total. The van der Waals surface area contributed by atoms with Crippen molar-refractivity contribution >= 4 is 0 Å². The highest BCUT2D eigenvalue weighted by molar-refractivity contribution is 5.29. The van der Waals surface area contributed by atoms with Crippen LogP contribution in [0.5, 0.6) is 0 Å². The number of rotatable bonds is 3. The van der Waals surface area contributed by atoms with Gasteiger partial charge in [-0.15, -0.1) is 0 Å². The lowest BCUT2D eigenvalue weighted by Crippen LogP contribution is -2.20. The molecule has 1 aromatic rings. The van der Waals surface area contributed by atoms with Crippen LogP contribution in [0.1, 0.15) is 17.5 Å². The minimum atomic E-state index is -1.27. The second kappa shape index (κ2) is 4.29. The lowest BCUT2D eigenvalue weighted by atomic mass is 9.93. The van der Waals surface area contributed by atoms with Crippen molar-refractivity contribution in [3.05, 3.63) is 35.4 Å². The van der Waals surface area contributed by atoms with Gasteiger partial charge in [-0.25, -0.2) is 4.39 Å². The highest BCUT2D eigenvalue weighted by Crippen LogP contribution is 2.34. The number of nitrogens with one attached hydrogen (secondary N) is 1. The molecule has 1 saturated heterocycles. The first-order valence-electron chi connectivity index (χ1n) is 5.25. The number of halogens is 1. The van der Waals surface area contributed by atoms with Gasteiger partial charge in [0, 0.05) is 13.0 Å². The minimum Gasteiger partial charge on any atom is -0.378 e. The molecule has 1 aromatic carbocycles. The van der Waals surface area contributed by atoms with Crippen molar-refractivity contribution in [3.8, 4) is 0 Å². The van der Waals surface area contributed by atoms with Gasteiger partial charge in [-0.3, -0.25) is 0 Å². The van der Waals surface area contributed by atoms with Crippen molar-refractivity contribution in [2.75, 3.05) is 20.3 Å². The largest absolute Gasteiger partial charge is 0.378 e. The summed E-state index contributed by atoms with van der Waals surface area (Å²) >= 11 is 0. The zero-order valence-corrected chi connectivity index (χ0v) is 8.92. The number of alkyl halides is 1. The molecule has 1 aliphatic heterocycles. The van der Waals surface area contributed by atoms with Crippen LogP contribution in [-0.2, 0) is 17.0 Å².